The molecule has 1 aromatic rings. The number of benzene rings is 1. The highest BCUT2D eigenvalue weighted by Crippen LogP contribution is 2.41. The molecule has 7 atom stereocenters. The Hall–Kier alpha value is -1.72. The number of rotatable bonds is 22. The van der Waals surface area contributed by atoms with Crippen LogP contribution in [0.25, 0.3) is 0 Å². The van der Waals surface area contributed by atoms with Crippen molar-refractivity contribution in [3.8, 4) is 11.8 Å². The summed E-state index contributed by atoms with van der Waals surface area (Å²) in [5.74, 6) is 8.24. The van der Waals surface area contributed by atoms with E-state index in [1.807, 2.05) is 11.8 Å². The molecule has 0 spiro atoms. The summed E-state index contributed by atoms with van der Waals surface area (Å²) in [5.41, 5.74) is 2.63. The summed E-state index contributed by atoms with van der Waals surface area (Å²) in [6.07, 6.45) is 22.5. The van der Waals surface area contributed by atoms with Crippen LogP contribution < -0.4 is 0 Å². The van der Waals surface area contributed by atoms with Gasteiger partial charge in [-0.2, -0.15) is 0 Å². The van der Waals surface area contributed by atoms with Gasteiger partial charge in [0, 0.05) is 23.0 Å². The predicted molar refractivity (Wildman–Crippen MR) is 286 cm³/mol. The van der Waals surface area contributed by atoms with E-state index in [0.29, 0.717) is 25.6 Å². The lowest BCUT2D eigenvalue weighted by atomic mass is 9.91. The van der Waals surface area contributed by atoms with E-state index in [9.17, 15) is 0 Å². The van der Waals surface area contributed by atoms with E-state index < -0.39 is 25.0 Å². The molecule has 2 aliphatic heterocycles. The van der Waals surface area contributed by atoms with Crippen molar-refractivity contribution in [2.75, 3.05) is 19.0 Å². The van der Waals surface area contributed by atoms with Crippen molar-refractivity contribution in [2.45, 2.75) is 211 Å². The molecule has 1 aromatic carbocycles. The summed E-state index contributed by atoms with van der Waals surface area (Å²) in [6.45, 7) is 45.2. The molecule has 3 rings (SSSR count). The monoisotopic (exact) mass is 949 g/mol. The molecule has 0 aromatic heterocycles. The van der Waals surface area contributed by atoms with Gasteiger partial charge in [-0.25, -0.2) is 0 Å². The van der Waals surface area contributed by atoms with Gasteiger partial charge in [0.25, 0.3) is 0 Å². The van der Waals surface area contributed by atoms with E-state index in [0.717, 1.165) is 44.3 Å². The Kier molecular flexibility index (Phi) is 22.2. The zero-order valence-electron chi connectivity index (χ0n) is 43.7. The lowest BCUT2D eigenvalue weighted by molar-refractivity contribution is -0.00335. The first-order chi connectivity index (χ1) is 29.6. The van der Waals surface area contributed by atoms with Crippen LogP contribution >= 0.6 is 11.8 Å². The average Bonchev–Trinajstić information content (AvgIpc) is 3.16. The largest absolute Gasteiger partial charge is 0.410 e. The molecule has 0 bridgehead atoms. The zero-order chi connectivity index (χ0) is 48.0. The summed E-state index contributed by atoms with van der Waals surface area (Å²) >= 11 is 1.93. The van der Waals surface area contributed by atoms with Crippen molar-refractivity contribution < 1.29 is 22.8 Å². The van der Waals surface area contributed by atoms with Crippen molar-refractivity contribution in [2.24, 2.45) is 11.8 Å². The lowest BCUT2D eigenvalue weighted by Gasteiger charge is -2.41. The summed E-state index contributed by atoms with van der Waals surface area (Å²) in [4.78, 5) is 1.29. The first-order valence-electron chi connectivity index (χ1n) is 24.3. The Bertz CT molecular complexity index is 1770. The van der Waals surface area contributed by atoms with Gasteiger partial charge in [0.05, 0.1) is 43.7 Å². The van der Waals surface area contributed by atoms with Crippen molar-refractivity contribution in [1.29, 1.82) is 0 Å². The summed E-state index contributed by atoms with van der Waals surface area (Å²) < 4.78 is 33.6. The molecule has 0 radical (unpaired) electrons. The van der Waals surface area contributed by atoms with E-state index in [2.05, 4.69) is 207 Å². The van der Waals surface area contributed by atoms with Crippen molar-refractivity contribution in [3.63, 3.8) is 0 Å². The van der Waals surface area contributed by atoms with Crippen LogP contribution in [0.15, 0.2) is 95.5 Å². The Labute approximate surface area is 401 Å². The van der Waals surface area contributed by atoms with Gasteiger partial charge in [0.15, 0.2) is 25.0 Å². The van der Waals surface area contributed by atoms with Gasteiger partial charge in [-0.15, -0.1) is 11.8 Å². The molecule has 360 valence electrons. The van der Waals surface area contributed by atoms with Crippen LogP contribution in [0.3, 0.4) is 0 Å². The molecule has 1 unspecified atom stereocenters. The maximum Gasteiger partial charge on any atom is 0.193 e. The number of hydrogen-bond donors (Lipinski definition) is 0. The molecule has 9 heteroatoms. The molecule has 0 fully saturated rings. The van der Waals surface area contributed by atoms with E-state index in [-0.39, 0.29) is 51.6 Å². The van der Waals surface area contributed by atoms with Gasteiger partial charge in [-0.3, -0.25) is 0 Å². The minimum Gasteiger partial charge on any atom is -0.410 e. The van der Waals surface area contributed by atoms with Crippen molar-refractivity contribution in [3.05, 3.63) is 90.6 Å². The van der Waals surface area contributed by atoms with Crippen LogP contribution in [0.2, 0.25) is 54.4 Å². The second-order valence-corrected chi connectivity index (χ2v) is 38.8. The minimum absolute atomic E-state index is 0.0289. The van der Waals surface area contributed by atoms with Crippen molar-refractivity contribution in [1.82, 2.24) is 0 Å². The second kappa shape index (κ2) is 25.1. The fourth-order valence-corrected chi connectivity index (χ4v) is 11.6. The van der Waals surface area contributed by atoms with Gasteiger partial charge in [0.1, 0.15) is 0 Å². The molecular formula is C55H92O5SSi3. The van der Waals surface area contributed by atoms with Crippen LogP contribution in [0.1, 0.15) is 121 Å². The molecule has 0 saturated heterocycles. The van der Waals surface area contributed by atoms with Gasteiger partial charge >= 0.3 is 0 Å². The van der Waals surface area contributed by atoms with Gasteiger partial charge in [-0.1, -0.05) is 160 Å². The normalized spacial score (nSPS) is 21.3. The topological polar surface area (TPSA) is 46.2 Å². The second-order valence-electron chi connectivity index (χ2n) is 23.4. The highest BCUT2D eigenvalue weighted by atomic mass is 32.2. The molecule has 5 nitrogen and oxygen atoms in total. The Balaban J connectivity index is 1.77. The van der Waals surface area contributed by atoms with Crippen LogP contribution in [0.4, 0.5) is 0 Å². The molecule has 64 heavy (non-hydrogen) atoms. The number of thioether (sulfide) groups is 1. The van der Waals surface area contributed by atoms with Gasteiger partial charge in [-0.05, 0) is 118 Å². The van der Waals surface area contributed by atoms with E-state index in [1.54, 1.807) is 0 Å². The molecule has 0 amide bonds. The maximum atomic E-state index is 7.35. The zero-order valence-corrected chi connectivity index (χ0v) is 47.5. The van der Waals surface area contributed by atoms with Crippen LogP contribution in [0, 0.1) is 23.7 Å². The number of allylic oxidation sites excluding steroid dienone is 1. The van der Waals surface area contributed by atoms with Crippen LogP contribution in [-0.2, 0) is 22.8 Å². The third kappa shape index (κ3) is 19.5. The third-order valence-corrected chi connectivity index (χ3v) is 29.0. The highest BCUT2D eigenvalue weighted by Gasteiger charge is 2.41. The van der Waals surface area contributed by atoms with Crippen molar-refractivity contribution >= 4 is 36.7 Å². The first-order valence-corrected chi connectivity index (χ1v) is 34.0. The summed E-state index contributed by atoms with van der Waals surface area (Å²) in [7, 11) is -6.01. The third-order valence-electron chi connectivity index (χ3n) is 14.4. The quantitative estimate of drug-likeness (QED) is 0.0499. The average molecular weight is 950 g/mol. The number of ether oxygens (including phenoxy) is 2. The Morgan fingerprint density at radius 3 is 2.14 bits per heavy atom. The van der Waals surface area contributed by atoms with E-state index in [1.165, 1.54) is 16.0 Å². The Morgan fingerprint density at radius 2 is 1.52 bits per heavy atom. The molecule has 2 heterocycles. The smallest absolute Gasteiger partial charge is 0.193 e. The summed E-state index contributed by atoms with van der Waals surface area (Å²) in [5, 5.41) is 0.363. The first kappa shape index (κ1) is 56.6. The maximum absolute atomic E-state index is 7.35. The van der Waals surface area contributed by atoms with Crippen LogP contribution in [-0.4, -0.2) is 74.4 Å². The standard InChI is InChI=1S/C55H92O5SSi3/c1-43-35-37-56-48(39-43)33-34-52(60-64(17,18)55(10,11)12)46(42-61-51-31-20-19-21-32-51)26-24-30-50(59-63(15,16)54(7,8)9)41-45(3)38-44(2)40-49-29-25-28-47(58-49)27-22-23-36-57-62(13,14)53(4,5)6/h19-21,24-25,28,30-35,44,46-50,52H,3,26-27,29,36-42H2,1-2,4-18H3/b30-24+,34-33+/t44-,46+,47+,48+,49-,50?,52-/m0/s1. The fourth-order valence-electron chi connectivity index (χ4n) is 7.11. The Morgan fingerprint density at radius 1 is 0.875 bits per heavy atom. The van der Waals surface area contributed by atoms with Gasteiger partial charge in [0.2, 0.25) is 0 Å². The minimum atomic E-state index is -2.12. The number of hydrogen-bond acceptors (Lipinski definition) is 6. The van der Waals surface area contributed by atoms with E-state index >= 15 is 0 Å². The molecule has 2 aliphatic rings. The molecular weight excluding hydrogens is 857 g/mol. The fraction of sp³-hybridized carbons (Fsp3) is 0.673. The molecule has 0 N–H and O–H groups in total. The van der Waals surface area contributed by atoms with Crippen LogP contribution in [0.5, 0.6) is 0 Å². The predicted octanol–water partition coefficient (Wildman–Crippen LogP) is 15.9. The van der Waals surface area contributed by atoms with Gasteiger partial charge < -0.3 is 22.8 Å². The molecule has 0 aliphatic carbocycles. The molecule has 0 saturated carbocycles. The lowest BCUT2D eigenvalue weighted by Crippen LogP contribution is -2.45. The SMILES string of the molecule is C=C(CC(/C=C/C[C@H](CSc1ccccc1)[C@H](/C=C/[C@@H]1CC(C)=CCO1)O[Si](C)(C)C(C)(C)C)O[Si](C)(C)C(C)(C)C)C[C@H](C)C[C@@H]1CC=C[C@@H](CC#CCO[Si](C)(C)C(C)(C)C)O1. The highest BCUT2D eigenvalue weighted by molar-refractivity contribution is 7.99. The van der Waals surface area contributed by atoms with E-state index in [4.69, 9.17) is 22.8 Å². The summed E-state index contributed by atoms with van der Waals surface area (Å²) in [6, 6.07) is 10.8.